The first-order valence-corrected chi connectivity index (χ1v) is 4.05. The molecular formula is C8H16ClNO. The van der Waals surface area contributed by atoms with Crippen molar-refractivity contribution in [3.63, 3.8) is 0 Å². The Morgan fingerprint density at radius 3 is 2.55 bits per heavy atom. The van der Waals surface area contributed by atoms with Crippen LogP contribution in [-0.4, -0.2) is 23.8 Å². The van der Waals surface area contributed by atoms with Gasteiger partial charge in [-0.2, -0.15) is 0 Å². The number of aliphatic hydroxyl groups excluding tert-OH is 1. The molecule has 0 saturated carbocycles. The number of hydrogen-bond acceptors (Lipinski definition) is 2. The first kappa shape index (κ1) is 11.0. The van der Waals surface area contributed by atoms with Gasteiger partial charge in [0.2, 0.25) is 0 Å². The number of halogens is 1. The average Bonchev–Trinajstić information content (AvgIpc) is 1.84. The van der Waals surface area contributed by atoms with Gasteiger partial charge in [0, 0.05) is 23.7 Å². The van der Waals surface area contributed by atoms with Crippen molar-refractivity contribution in [1.29, 1.82) is 0 Å². The molecule has 0 amide bonds. The van der Waals surface area contributed by atoms with Crippen LogP contribution in [0.4, 0.5) is 0 Å². The summed E-state index contributed by atoms with van der Waals surface area (Å²) in [6.07, 6.45) is 0.719. The van der Waals surface area contributed by atoms with Gasteiger partial charge in [0.15, 0.2) is 0 Å². The highest BCUT2D eigenvalue weighted by Crippen LogP contribution is 2.08. The molecule has 0 aliphatic rings. The topological polar surface area (TPSA) is 32.3 Å². The zero-order valence-corrected chi connectivity index (χ0v) is 7.91. The second-order valence-corrected chi connectivity index (χ2v) is 3.76. The predicted octanol–water partition coefficient (Wildman–Crippen LogP) is 1.49. The molecule has 11 heavy (non-hydrogen) atoms. The van der Waals surface area contributed by atoms with Gasteiger partial charge in [-0.05, 0) is 20.3 Å². The van der Waals surface area contributed by atoms with Gasteiger partial charge in [-0.25, -0.2) is 0 Å². The number of aliphatic hydroxyl groups is 1. The van der Waals surface area contributed by atoms with Gasteiger partial charge in [0.05, 0.1) is 0 Å². The van der Waals surface area contributed by atoms with Gasteiger partial charge in [-0.15, -0.1) is 0 Å². The van der Waals surface area contributed by atoms with E-state index in [0.29, 0.717) is 11.6 Å². The highest BCUT2D eigenvalue weighted by molar-refractivity contribution is 6.29. The van der Waals surface area contributed by atoms with Gasteiger partial charge >= 0.3 is 0 Å². The van der Waals surface area contributed by atoms with Crippen LogP contribution in [0.2, 0.25) is 0 Å². The van der Waals surface area contributed by atoms with Gasteiger partial charge in [-0.1, -0.05) is 18.2 Å². The second-order valence-electron chi connectivity index (χ2n) is 3.23. The molecule has 0 aromatic heterocycles. The highest BCUT2D eigenvalue weighted by Gasteiger charge is 2.15. The fourth-order valence-electron chi connectivity index (χ4n) is 0.703. The Morgan fingerprint density at radius 1 is 1.64 bits per heavy atom. The summed E-state index contributed by atoms with van der Waals surface area (Å²) in [5, 5.41) is 12.4. The molecular weight excluding hydrogens is 162 g/mol. The monoisotopic (exact) mass is 177 g/mol. The fourth-order valence-corrected chi connectivity index (χ4v) is 0.770. The lowest BCUT2D eigenvalue weighted by Gasteiger charge is -2.25. The number of rotatable bonds is 5. The third kappa shape index (κ3) is 6.35. The lowest BCUT2D eigenvalue weighted by molar-refractivity contribution is 0.234. The Morgan fingerprint density at radius 2 is 2.18 bits per heavy atom. The molecule has 0 aliphatic carbocycles. The molecule has 0 saturated heterocycles. The van der Waals surface area contributed by atoms with E-state index >= 15 is 0 Å². The fraction of sp³-hybridized carbons (Fsp3) is 0.750. The Balaban J connectivity index is 3.63. The summed E-state index contributed by atoms with van der Waals surface area (Å²) in [5.74, 6) is 0. The molecule has 0 radical (unpaired) electrons. The Hall–Kier alpha value is -0.0500. The minimum Gasteiger partial charge on any atom is -0.396 e. The van der Waals surface area contributed by atoms with Crippen LogP contribution in [0.25, 0.3) is 0 Å². The largest absolute Gasteiger partial charge is 0.396 e. The Bertz CT molecular complexity index is 134. The van der Waals surface area contributed by atoms with E-state index in [9.17, 15) is 0 Å². The van der Waals surface area contributed by atoms with Crippen molar-refractivity contribution in [1.82, 2.24) is 5.32 Å². The van der Waals surface area contributed by atoms with Crippen molar-refractivity contribution in [3.05, 3.63) is 11.6 Å². The van der Waals surface area contributed by atoms with Gasteiger partial charge < -0.3 is 10.4 Å². The van der Waals surface area contributed by atoms with Crippen LogP contribution in [0.5, 0.6) is 0 Å². The molecule has 0 atom stereocenters. The molecule has 0 rings (SSSR count). The summed E-state index contributed by atoms with van der Waals surface area (Å²) >= 11 is 5.56. The van der Waals surface area contributed by atoms with Crippen LogP contribution in [0.15, 0.2) is 11.6 Å². The van der Waals surface area contributed by atoms with Crippen molar-refractivity contribution in [3.8, 4) is 0 Å². The maximum atomic E-state index is 8.67. The van der Waals surface area contributed by atoms with Gasteiger partial charge in [0.1, 0.15) is 0 Å². The molecule has 3 heteroatoms. The van der Waals surface area contributed by atoms with E-state index in [0.717, 1.165) is 6.42 Å². The second kappa shape index (κ2) is 4.75. The summed E-state index contributed by atoms with van der Waals surface area (Å²) in [4.78, 5) is 0. The smallest absolute Gasteiger partial charge is 0.0448 e. The van der Waals surface area contributed by atoms with E-state index in [-0.39, 0.29) is 12.1 Å². The molecule has 2 nitrogen and oxygen atoms in total. The first-order chi connectivity index (χ1) is 4.98. The Kier molecular flexibility index (Phi) is 4.73. The van der Waals surface area contributed by atoms with Crippen LogP contribution >= 0.6 is 11.6 Å². The lowest BCUT2D eigenvalue weighted by Crippen LogP contribution is -2.40. The normalized spacial score (nSPS) is 11.6. The highest BCUT2D eigenvalue weighted by atomic mass is 35.5. The van der Waals surface area contributed by atoms with Crippen molar-refractivity contribution in [2.24, 2.45) is 0 Å². The minimum absolute atomic E-state index is 0.0629. The van der Waals surface area contributed by atoms with Crippen LogP contribution in [0.3, 0.4) is 0 Å². The third-order valence-corrected chi connectivity index (χ3v) is 1.63. The van der Waals surface area contributed by atoms with Gasteiger partial charge in [-0.3, -0.25) is 0 Å². The number of hydrogen-bond donors (Lipinski definition) is 2. The predicted molar refractivity (Wildman–Crippen MR) is 48.8 cm³/mol. The minimum atomic E-state index is -0.0629. The van der Waals surface area contributed by atoms with Crippen molar-refractivity contribution in [2.45, 2.75) is 25.8 Å². The maximum Gasteiger partial charge on any atom is 0.0448 e. The summed E-state index contributed by atoms with van der Waals surface area (Å²) in [6, 6.07) is 0. The van der Waals surface area contributed by atoms with Gasteiger partial charge in [0.25, 0.3) is 0 Å². The lowest BCUT2D eigenvalue weighted by atomic mass is 10.0. The molecule has 0 fully saturated rings. The molecule has 0 spiro atoms. The van der Waals surface area contributed by atoms with Crippen LogP contribution in [0, 0.1) is 0 Å². The van der Waals surface area contributed by atoms with Crippen molar-refractivity contribution >= 4 is 11.6 Å². The van der Waals surface area contributed by atoms with E-state index in [1.54, 1.807) is 0 Å². The van der Waals surface area contributed by atoms with E-state index in [1.165, 1.54) is 0 Å². The molecule has 2 N–H and O–H groups in total. The van der Waals surface area contributed by atoms with Crippen LogP contribution < -0.4 is 5.32 Å². The van der Waals surface area contributed by atoms with Crippen LogP contribution in [0.1, 0.15) is 20.3 Å². The molecule has 0 aliphatic heterocycles. The molecule has 0 aromatic carbocycles. The molecule has 0 heterocycles. The first-order valence-electron chi connectivity index (χ1n) is 3.67. The quantitative estimate of drug-likeness (QED) is 0.667. The summed E-state index contributed by atoms with van der Waals surface area (Å²) in [6.45, 7) is 8.37. The summed E-state index contributed by atoms with van der Waals surface area (Å²) in [5.41, 5.74) is -0.0629. The SMILES string of the molecule is C=C(Cl)CNC(C)(C)CCO. The average molecular weight is 178 g/mol. The Labute approximate surface area is 73.3 Å². The zero-order chi connectivity index (χ0) is 8.91. The zero-order valence-electron chi connectivity index (χ0n) is 7.15. The summed E-state index contributed by atoms with van der Waals surface area (Å²) in [7, 11) is 0. The van der Waals surface area contributed by atoms with Crippen LogP contribution in [-0.2, 0) is 0 Å². The molecule has 0 unspecified atom stereocenters. The standard InChI is InChI=1S/C8H16ClNO/c1-7(9)6-10-8(2,3)4-5-11/h10-11H,1,4-6H2,2-3H3. The van der Waals surface area contributed by atoms with E-state index in [4.69, 9.17) is 16.7 Å². The van der Waals surface area contributed by atoms with E-state index in [1.807, 2.05) is 13.8 Å². The van der Waals surface area contributed by atoms with Crippen molar-refractivity contribution < 1.29 is 5.11 Å². The molecule has 0 bridgehead atoms. The maximum absolute atomic E-state index is 8.67. The van der Waals surface area contributed by atoms with Crippen molar-refractivity contribution in [2.75, 3.05) is 13.2 Å². The third-order valence-electron chi connectivity index (χ3n) is 1.50. The molecule has 0 aromatic rings. The number of nitrogens with one attached hydrogen (secondary N) is 1. The molecule has 66 valence electrons. The summed E-state index contributed by atoms with van der Waals surface area (Å²) < 4.78 is 0. The van der Waals surface area contributed by atoms with E-state index in [2.05, 4.69) is 11.9 Å². The van der Waals surface area contributed by atoms with E-state index < -0.39 is 0 Å².